The lowest BCUT2D eigenvalue weighted by Gasteiger charge is -2.44. The van der Waals surface area contributed by atoms with E-state index in [9.17, 15) is 17.6 Å². The van der Waals surface area contributed by atoms with Gasteiger partial charge in [-0.25, -0.2) is 17.6 Å². The van der Waals surface area contributed by atoms with Gasteiger partial charge < -0.3 is 14.4 Å². The molecule has 1 amide bonds. The van der Waals surface area contributed by atoms with E-state index < -0.39 is 15.7 Å². The van der Waals surface area contributed by atoms with E-state index in [4.69, 9.17) is 9.47 Å². The highest BCUT2D eigenvalue weighted by Gasteiger charge is 2.41. The first-order valence-electron chi connectivity index (χ1n) is 13.3. The number of aryl methyl sites for hydroxylation is 1. The van der Waals surface area contributed by atoms with Crippen LogP contribution >= 0.6 is 0 Å². The Labute approximate surface area is 228 Å². The third-order valence-electron chi connectivity index (χ3n) is 7.34. The molecule has 1 fully saturated rings. The Morgan fingerprint density at radius 3 is 2.41 bits per heavy atom. The minimum absolute atomic E-state index is 0.112. The molecular weight excluding hydrogens is 519 g/mol. The molecule has 0 radical (unpaired) electrons. The molecule has 206 valence electrons. The van der Waals surface area contributed by atoms with E-state index in [0.717, 1.165) is 54.3 Å². The number of amides is 1. The summed E-state index contributed by atoms with van der Waals surface area (Å²) < 4.78 is 50.1. The molecular formula is C30H33FN2O5S. The van der Waals surface area contributed by atoms with Crippen LogP contribution in [0, 0.1) is 5.82 Å². The first kappa shape index (κ1) is 27.1. The second-order valence-corrected chi connectivity index (χ2v) is 12.8. The Balaban J connectivity index is 1.21. The van der Waals surface area contributed by atoms with Crippen LogP contribution in [0.5, 0.6) is 5.75 Å². The van der Waals surface area contributed by atoms with Crippen LogP contribution in [-0.2, 0) is 32.5 Å². The van der Waals surface area contributed by atoms with E-state index in [2.05, 4.69) is 11.1 Å². The van der Waals surface area contributed by atoms with E-state index in [1.165, 1.54) is 12.1 Å². The smallest absolute Gasteiger partial charge is 0.410 e. The van der Waals surface area contributed by atoms with Gasteiger partial charge in [-0.3, -0.25) is 4.98 Å². The topological polar surface area (TPSA) is 85.8 Å². The van der Waals surface area contributed by atoms with Crippen molar-refractivity contribution < 1.29 is 27.1 Å². The largest absolute Gasteiger partial charge is 0.487 e. The number of aromatic nitrogens is 1. The number of halogens is 1. The number of ether oxygens (including phenoxy) is 2. The molecule has 0 N–H and O–H groups in total. The van der Waals surface area contributed by atoms with Gasteiger partial charge in [0.15, 0.2) is 9.84 Å². The number of hydrogen-bond donors (Lipinski definition) is 0. The average molecular weight is 553 g/mol. The zero-order valence-corrected chi connectivity index (χ0v) is 23.0. The minimum atomic E-state index is -3.45. The Morgan fingerprint density at radius 2 is 1.74 bits per heavy atom. The van der Waals surface area contributed by atoms with Crippen molar-refractivity contribution in [2.75, 3.05) is 13.1 Å². The zero-order valence-electron chi connectivity index (χ0n) is 22.2. The molecule has 2 aliphatic rings. The third kappa shape index (κ3) is 6.58. The third-order valence-corrected chi connectivity index (χ3v) is 8.85. The van der Waals surface area contributed by atoms with Crippen LogP contribution in [0.3, 0.4) is 0 Å². The molecule has 1 spiro atoms. The van der Waals surface area contributed by atoms with Gasteiger partial charge in [-0.05, 0) is 73.2 Å². The number of carbonyl (C=O) groups excluding carboxylic acids is 1. The number of fused-ring (bicyclic) bond motifs is 1. The number of carbonyl (C=O) groups is 1. The molecule has 39 heavy (non-hydrogen) atoms. The number of pyridine rings is 1. The van der Waals surface area contributed by atoms with Crippen molar-refractivity contribution in [2.24, 2.45) is 0 Å². The molecule has 1 aromatic heterocycles. The summed E-state index contributed by atoms with van der Waals surface area (Å²) in [4.78, 5) is 17.9. The molecule has 0 aliphatic carbocycles. The van der Waals surface area contributed by atoms with Crippen molar-refractivity contribution in [3.8, 4) is 16.9 Å². The van der Waals surface area contributed by atoms with Gasteiger partial charge >= 0.3 is 6.09 Å². The Hall–Kier alpha value is -3.46. The van der Waals surface area contributed by atoms with Gasteiger partial charge in [0.2, 0.25) is 0 Å². The maximum absolute atomic E-state index is 13.1. The summed E-state index contributed by atoms with van der Waals surface area (Å²) in [6.07, 6.45) is 4.00. The number of likely N-dealkylation sites (tertiary alicyclic amines) is 1. The molecule has 3 aromatic rings. The van der Waals surface area contributed by atoms with E-state index >= 15 is 0 Å². The second kappa shape index (κ2) is 11.0. The van der Waals surface area contributed by atoms with Crippen LogP contribution in [0.4, 0.5) is 9.18 Å². The Kier molecular flexibility index (Phi) is 7.62. The predicted molar refractivity (Wildman–Crippen MR) is 147 cm³/mol. The summed E-state index contributed by atoms with van der Waals surface area (Å²) >= 11 is 0. The highest BCUT2D eigenvalue weighted by Crippen LogP contribution is 2.41. The van der Waals surface area contributed by atoms with Gasteiger partial charge in [0.05, 0.1) is 29.5 Å². The standard InChI is InChI=1S/C30H33FN2O5S/c1-21(2)37-29(34)33-15-13-30(14-16-33)12-11-25-17-24(7-10-28(25)38-30)23-5-3-22(4-6-23)19-39(35,36)20-27-9-8-26(31)18-32-27/h3-10,17-18,21H,11-16,19-20H2,1-2H3. The summed E-state index contributed by atoms with van der Waals surface area (Å²) in [6.45, 7) is 4.96. The van der Waals surface area contributed by atoms with Crippen LogP contribution in [0.2, 0.25) is 0 Å². The summed E-state index contributed by atoms with van der Waals surface area (Å²) in [7, 11) is -3.45. The van der Waals surface area contributed by atoms with Gasteiger partial charge in [0.1, 0.15) is 17.2 Å². The number of rotatable bonds is 6. The molecule has 2 aliphatic heterocycles. The number of hydrogen-bond acceptors (Lipinski definition) is 6. The van der Waals surface area contributed by atoms with Gasteiger partial charge in [-0.2, -0.15) is 0 Å². The second-order valence-electron chi connectivity index (χ2n) is 10.7. The highest BCUT2D eigenvalue weighted by molar-refractivity contribution is 7.89. The fourth-order valence-corrected chi connectivity index (χ4v) is 6.67. The summed E-state index contributed by atoms with van der Waals surface area (Å²) in [5.74, 6) is 0.0480. The van der Waals surface area contributed by atoms with Gasteiger partial charge in [0, 0.05) is 25.9 Å². The van der Waals surface area contributed by atoms with Crippen LogP contribution in [0.25, 0.3) is 11.1 Å². The molecule has 0 atom stereocenters. The molecule has 7 nitrogen and oxygen atoms in total. The number of nitrogens with zero attached hydrogens (tertiary/aromatic N) is 2. The molecule has 0 bridgehead atoms. The van der Waals surface area contributed by atoms with Crippen molar-refractivity contribution in [1.82, 2.24) is 9.88 Å². The predicted octanol–water partition coefficient (Wildman–Crippen LogP) is 5.71. The Bertz CT molecular complexity index is 1430. The highest BCUT2D eigenvalue weighted by atomic mass is 32.2. The molecule has 0 saturated carbocycles. The maximum atomic E-state index is 13.1. The quantitative estimate of drug-likeness (QED) is 0.390. The van der Waals surface area contributed by atoms with Gasteiger partial charge in [-0.1, -0.05) is 30.3 Å². The number of sulfone groups is 1. The van der Waals surface area contributed by atoms with E-state index in [1.54, 1.807) is 4.90 Å². The van der Waals surface area contributed by atoms with Gasteiger partial charge in [0.25, 0.3) is 0 Å². The van der Waals surface area contributed by atoms with Crippen molar-refractivity contribution >= 4 is 15.9 Å². The molecule has 2 aromatic carbocycles. The molecule has 9 heteroatoms. The molecule has 5 rings (SSSR count). The fraction of sp³-hybridized carbons (Fsp3) is 0.400. The van der Waals surface area contributed by atoms with Crippen LogP contribution < -0.4 is 4.74 Å². The molecule has 1 saturated heterocycles. The minimum Gasteiger partial charge on any atom is -0.487 e. The van der Waals surface area contributed by atoms with Crippen molar-refractivity contribution in [2.45, 2.75) is 62.7 Å². The normalized spacial score (nSPS) is 16.6. The number of benzene rings is 2. The summed E-state index contributed by atoms with van der Waals surface area (Å²) in [6, 6.07) is 16.3. The van der Waals surface area contributed by atoms with Gasteiger partial charge in [-0.15, -0.1) is 0 Å². The van der Waals surface area contributed by atoms with Crippen molar-refractivity contribution in [1.29, 1.82) is 0 Å². The summed E-state index contributed by atoms with van der Waals surface area (Å²) in [5.41, 5.74) is 3.96. The molecule has 3 heterocycles. The van der Waals surface area contributed by atoms with Crippen LogP contribution in [0.1, 0.15) is 49.9 Å². The lowest BCUT2D eigenvalue weighted by atomic mass is 9.82. The SMILES string of the molecule is CC(C)OC(=O)N1CCC2(CCc3cc(-c4ccc(CS(=O)(=O)Cc5ccc(F)cn5)cc4)ccc3O2)CC1. The first-order chi connectivity index (χ1) is 18.6. The monoisotopic (exact) mass is 552 g/mol. The van der Waals surface area contributed by atoms with E-state index in [-0.39, 0.29) is 29.3 Å². The zero-order chi connectivity index (χ0) is 27.6. The number of piperidine rings is 1. The van der Waals surface area contributed by atoms with E-state index in [0.29, 0.717) is 24.3 Å². The molecule has 0 unspecified atom stereocenters. The van der Waals surface area contributed by atoms with Crippen LogP contribution in [-0.4, -0.2) is 49.2 Å². The fourth-order valence-electron chi connectivity index (χ4n) is 5.24. The lowest BCUT2D eigenvalue weighted by Crippen LogP contribution is -2.51. The average Bonchev–Trinajstić information content (AvgIpc) is 2.90. The Morgan fingerprint density at radius 1 is 1.03 bits per heavy atom. The van der Waals surface area contributed by atoms with E-state index in [1.807, 2.05) is 50.2 Å². The maximum Gasteiger partial charge on any atom is 0.410 e. The lowest BCUT2D eigenvalue weighted by molar-refractivity contribution is -0.0172. The summed E-state index contributed by atoms with van der Waals surface area (Å²) in [5, 5.41) is 0. The van der Waals surface area contributed by atoms with Crippen molar-refractivity contribution in [3.63, 3.8) is 0 Å². The first-order valence-corrected chi connectivity index (χ1v) is 15.1. The van der Waals surface area contributed by atoms with Crippen molar-refractivity contribution in [3.05, 3.63) is 83.4 Å². The van der Waals surface area contributed by atoms with Crippen LogP contribution in [0.15, 0.2) is 60.8 Å².